The van der Waals surface area contributed by atoms with Crippen LogP contribution >= 0.6 is 0 Å². The smallest absolute Gasteiger partial charge is 0.242 e. The van der Waals surface area contributed by atoms with Crippen molar-refractivity contribution in [3.63, 3.8) is 0 Å². The van der Waals surface area contributed by atoms with Gasteiger partial charge in [0.15, 0.2) is 0 Å². The SMILES string of the molecule is CCn1c(C)cc2cc(NC(=O)C3CC(c4ccccn4)NN3)ccc21. The molecule has 1 aliphatic heterocycles. The molecule has 6 nitrogen and oxygen atoms in total. The van der Waals surface area contributed by atoms with Gasteiger partial charge in [0.05, 0.1) is 11.7 Å². The zero-order chi connectivity index (χ0) is 18.1. The second-order valence-electron chi connectivity index (χ2n) is 6.68. The van der Waals surface area contributed by atoms with Crippen LogP contribution in [0.15, 0.2) is 48.7 Å². The molecule has 134 valence electrons. The van der Waals surface area contributed by atoms with E-state index in [1.165, 1.54) is 11.2 Å². The molecule has 0 aliphatic carbocycles. The molecular formula is C20H23N5O. The molecule has 0 saturated carbocycles. The normalized spacial score (nSPS) is 19.8. The molecule has 4 rings (SSSR count). The summed E-state index contributed by atoms with van der Waals surface area (Å²) in [6.07, 6.45) is 2.43. The molecule has 1 aromatic carbocycles. The van der Waals surface area contributed by atoms with Gasteiger partial charge in [-0.25, -0.2) is 10.9 Å². The summed E-state index contributed by atoms with van der Waals surface area (Å²) in [6.45, 7) is 5.18. The number of hydrogen-bond acceptors (Lipinski definition) is 4. The van der Waals surface area contributed by atoms with E-state index >= 15 is 0 Å². The topological polar surface area (TPSA) is 71.0 Å². The largest absolute Gasteiger partial charge is 0.345 e. The highest BCUT2D eigenvalue weighted by Crippen LogP contribution is 2.25. The van der Waals surface area contributed by atoms with Gasteiger partial charge < -0.3 is 9.88 Å². The molecule has 0 bridgehead atoms. The summed E-state index contributed by atoms with van der Waals surface area (Å²) in [6, 6.07) is 13.8. The van der Waals surface area contributed by atoms with E-state index in [1.807, 2.05) is 30.3 Å². The van der Waals surface area contributed by atoms with E-state index in [-0.39, 0.29) is 18.0 Å². The zero-order valence-corrected chi connectivity index (χ0v) is 15.0. The fourth-order valence-electron chi connectivity index (χ4n) is 3.64. The maximum Gasteiger partial charge on any atom is 0.242 e. The summed E-state index contributed by atoms with van der Waals surface area (Å²) < 4.78 is 2.26. The monoisotopic (exact) mass is 349 g/mol. The van der Waals surface area contributed by atoms with Crippen LogP contribution in [0.3, 0.4) is 0 Å². The number of rotatable bonds is 4. The minimum absolute atomic E-state index is 0.0377. The maximum absolute atomic E-state index is 12.6. The minimum Gasteiger partial charge on any atom is -0.345 e. The number of benzene rings is 1. The Labute approximate surface area is 152 Å². The van der Waals surface area contributed by atoms with Crippen molar-refractivity contribution in [2.75, 3.05) is 5.32 Å². The number of amides is 1. The fraction of sp³-hybridized carbons (Fsp3) is 0.300. The van der Waals surface area contributed by atoms with Crippen LogP contribution in [0.5, 0.6) is 0 Å². The molecule has 3 N–H and O–H groups in total. The second-order valence-corrected chi connectivity index (χ2v) is 6.68. The number of carbonyl (C=O) groups excluding carboxylic acids is 1. The van der Waals surface area contributed by atoms with Gasteiger partial charge in [-0.15, -0.1) is 0 Å². The Kier molecular flexibility index (Phi) is 4.44. The summed E-state index contributed by atoms with van der Waals surface area (Å²) in [5.41, 5.74) is 10.4. The number of nitrogens with zero attached hydrogens (tertiary/aromatic N) is 2. The van der Waals surface area contributed by atoms with Crippen molar-refractivity contribution < 1.29 is 4.79 Å². The van der Waals surface area contributed by atoms with Gasteiger partial charge in [0.1, 0.15) is 6.04 Å². The summed E-state index contributed by atoms with van der Waals surface area (Å²) in [5.74, 6) is -0.0399. The van der Waals surface area contributed by atoms with Crippen LogP contribution < -0.4 is 16.2 Å². The van der Waals surface area contributed by atoms with Crippen LogP contribution in [0.4, 0.5) is 5.69 Å². The number of hydrazine groups is 1. The van der Waals surface area contributed by atoms with Crippen molar-refractivity contribution in [1.29, 1.82) is 0 Å². The number of aromatic nitrogens is 2. The highest BCUT2D eigenvalue weighted by atomic mass is 16.2. The molecular weight excluding hydrogens is 326 g/mol. The highest BCUT2D eigenvalue weighted by Gasteiger charge is 2.30. The van der Waals surface area contributed by atoms with Gasteiger partial charge in [-0.1, -0.05) is 6.07 Å². The Morgan fingerprint density at radius 1 is 1.27 bits per heavy atom. The first-order valence-electron chi connectivity index (χ1n) is 8.98. The van der Waals surface area contributed by atoms with E-state index in [4.69, 9.17) is 0 Å². The summed E-state index contributed by atoms with van der Waals surface area (Å²) in [4.78, 5) is 17.0. The van der Waals surface area contributed by atoms with E-state index in [0.717, 1.165) is 23.3 Å². The fourth-order valence-corrected chi connectivity index (χ4v) is 3.64. The molecule has 1 aliphatic rings. The highest BCUT2D eigenvalue weighted by molar-refractivity contribution is 5.97. The molecule has 2 atom stereocenters. The minimum atomic E-state index is -0.292. The standard InChI is InChI=1S/C20H23N5O/c1-3-25-13(2)10-14-11-15(7-8-19(14)25)22-20(26)18-12-17(23-24-18)16-6-4-5-9-21-16/h4-11,17-18,23-24H,3,12H2,1-2H3,(H,22,26). The third-order valence-corrected chi connectivity index (χ3v) is 4.96. The number of hydrogen-bond donors (Lipinski definition) is 3. The molecule has 0 spiro atoms. The Morgan fingerprint density at radius 2 is 2.15 bits per heavy atom. The molecule has 3 aromatic rings. The van der Waals surface area contributed by atoms with Gasteiger partial charge >= 0.3 is 0 Å². The van der Waals surface area contributed by atoms with Gasteiger partial charge in [0, 0.05) is 35.0 Å². The van der Waals surface area contributed by atoms with E-state index in [9.17, 15) is 4.79 Å². The van der Waals surface area contributed by atoms with Crippen molar-refractivity contribution in [2.45, 2.75) is 38.9 Å². The van der Waals surface area contributed by atoms with Crippen molar-refractivity contribution in [2.24, 2.45) is 0 Å². The van der Waals surface area contributed by atoms with E-state index < -0.39 is 0 Å². The van der Waals surface area contributed by atoms with Crippen LogP contribution in [-0.2, 0) is 11.3 Å². The van der Waals surface area contributed by atoms with Crippen molar-refractivity contribution in [3.05, 3.63) is 60.0 Å². The molecule has 2 aromatic heterocycles. The Hall–Kier alpha value is -2.70. The molecule has 6 heteroatoms. The second kappa shape index (κ2) is 6.90. The molecule has 1 saturated heterocycles. The average Bonchev–Trinajstić information content (AvgIpc) is 3.26. The summed E-state index contributed by atoms with van der Waals surface area (Å²) in [5, 5.41) is 4.17. The first-order valence-corrected chi connectivity index (χ1v) is 8.98. The number of anilines is 1. The van der Waals surface area contributed by atoms with Crippen LogP contribution in [-0.4, -0.2) is 21.5 Å². The predicted octanol–water partition coefficient (Wildman–Crippen LogP) is 2.91. The van der Waals surface area contributed by atoms with Crippen LogP contribution in [0.25, 0.3) is 10.9 Å². The first-order chi connectivity index (χ1) is 12.7. The number of aryl methyl sites for hydroxylation is 2. The lowest BCUT2D eigenvalue weighted by Crippen LogP contribution is -2.39. The van der Waals surface area contributed by atoms with Crippen LogP contribution in [0.1, 0.15) is 30.8 Å². The summed E-state index contributed by atoms with van der Waals surface area (Å²) >= 11 is 0. The van der Waals surface area contributed by atoms with Gasteiger partial charge in [-0.2, -0.15) is 0 Å². The van der Waals surface area contributed by atoms with Crippen molar-refractivity contribution in [3.8, 4) is 0 Å². The third-order valence-electron chi connectivity index (χ3n) is 4.96. The zero-order valence-electron chi connectivity index (χ0n) is 15.0. The lowest BCUT2D eigenvalue weighted by Gasteiger charge is -2.11. The first kappa shape index (κ1) is 16.8. The maximum atomic E-state index is 12.6. The predicted molar refractivity (Wildman–Crippen MR) is 103 cm³/mol. The van der Waals surface area contributed by atoms with Crippen LogP contribution in [0, 0.1) is 6.92 Å². The van der Waals surface area contributed by atoms with E-state index in [1.54, 1.807) is 6.20 Å². The van der Waals surface area contributed by atoms with E-state index in [2.05, 4.69) is 51.7 Å². The lowest BCUT2D eigenvalue weighted by molar-refractivity contribution is -0.117. The van der Waals surface area contributed by atoms with Gasteiger partial charge in [0.2, 0.25) is 5.91 Å². The molecule has 2 unspecified atom stereocenters. The van der Waals surface area contributed by atoms with Crippen molar-refractivity contribution >= 4 is 22.5 Å². The molecule has 26 heavy (non-hydrogen) atoms. The lowest BCUT2D eigenvalue weighted by atomic mass is 10.1. The van der Waals surface area contributed by atoms with Crippen LogP contribution in [0.2, 0.25) is 0 Å². The number of nitrogens with one attached hydrogen (secondary N) is 3. The van der Waals surface area contributed by atoms with Gasteiger partial charge in [-0.05, 0) is 56.7 Å². The summed E-state index contributed by atoms with van der Waals surface area (Å²) in [7, 11) is 0. The Morgan fingerprint density at radius 3 is 2.92 bits per heavy atom. The van der Waals surface area contributed by atoms with Crippen molar-refractivity contribution in [1.82, 2.24) is 20.4 Å². The Bertz CT molecular complexity index is 934. The van der Waals surface area contributed by atoms with Gasteiger partial charge in [-0.3, -0.25) is 9.78 Å². The number of fused-ring (bicyclic) bond motifs is 1. The quantitative estimate of drug-likeness (QED) is 0.677. The molecule has 1 fully saturated rings. The number of carbonyl (C=O) groups is 1. The molecule has 1 amide bonds. The average molecular weight is 349 g/mol. The van der Waals surface area contributed by atoms with E-state index in [0.29, 0.717) is 6.42 Å². The third kappa shape index (κ3) is 3.09. The Balaban J connectivity index is 1.46. The molecule has 0 radical (unpaired) electrons. The van der Waals surface area contributed by atoms with Gasteiger partial charge in [0.25, 0.3) is 0 Å². The molecule has 3 heterocycles. The number of pyridine rings is 1.